The number of amides is 1. The Balaban J connectivity index is 2.13. The van der Waals surface area contributed by atoms with Gasteiger partial charge in [0.05, 0.1) is 10.2 Å². The molecule has 0 aliphatic carbocycles. The minimum Gasteiger partial charge on any atom is -0.302 e. The Labute approximate surface area is 123 Å². The second-order valence-electron chi connectivity index (χ2n) is 3.68. The van der Waals surface area contributed by atoms with Crippen molar-refractivity contribution in [1.29, 1.82) is 5.26 Å². The van der Waals surface area contributed by atoms with Crippen molar-refractivity contribution in [3.8, 4) is 5.40 Å². The number of carbonyl (C=O) groups is 1. The highest BCUT2D eigenvalue weighted by Gasteiger charge is 2.08. The maximum Gasteiger partial charge on any atom is 0.226 e. The molecule has 1 heterocycles. The Morgan fingerprint density at radius 2 is 2.42 bits per heavy atom. The van der Waals surface area contributed by atoms with Crippen molar-refractivity contribution in [3.05, 3.63) is 18.2 Å². The number of thioether (sulfide) groups is 1. The Hall–Kier alpha value is -1.29. The van der Waals surface area contributed by atoms with Crippen molar-refractivity contribution in [2.75, 3.05) is 11.2 Å². The third kappa shape index (κ3) is 3.83. The van der Waals surface area contributed by atoms with Crippen LogP contribution in [0.3, 0.4) is 0 Å². The van der Waals surface area contributed by atoms with Gasteiger partial charge in [-0.2, -0.15) is 5.26 Å². The largest absolute Gasteiger partial charge is 0.302 e. The summed E-state index contributed by atoms with van der Waals surface area (Å²) in [5.41, 5.74) is 0.819. The predicted molar refractivity (Wildman–Crippen MR) is 79.7 cm³/mol. The lowest BCUT2D eigenvalue weighted by Crippen LogP contribution is -2.10. The Bertz CT molecular complexity index is 635. The van der Waals surface area contributed by atoms with Gasteiger partial charge in [0.2, 0.25) is 5.91 Å². The number of aromatic nitrogens is 1. The average Bonchev–Trinajstić information content (AvgIpc) is 2.78. The number of nitrogens with one attached hydrogen (secondary N) is 1. The summed E-state index contributed by atoms with van der Waals surface area (Å²) in [5, 5.41) is 14.0. The quantitative estimate of drug-likeness (QED) is 0.518. The number of nitrogens with zero attached hydrogens (tertiary/aromatic N) is 2. The minimum atomic E-state index is -0.0775. The van der Waals surface area contributed by atoms with Crippen LogP contribution in [-0.2, 0) is 4.79 Å². The molecule has 4 nitrogen and oxygen atoms in total. The van der Waals surface area contributed by atoms with Crippen LogP contribution >= 0.6 is 34.7 Å². The standard InChI is InChI=1S/C12H10ClN3OS2/c13-5-1-2-11(17)16-12-15-9-4-3-8(18-7-14)6-10(9)19-12/h3-4,6H,1-2,5H2,(H,15,16,17). The summed E-state index contributed by atoms with van der Waals surface area (Å²) >= 11 is 8.05. The maximum absolute atomic E-state index is 11.6. The van der Waals surface area contributed by atoms with Crippen LogP contribution in [0.15, 0.2) is 23.1 Å². The number of fused-ring (bicyclic) bond motifs is 1. The highest BCUT2D eigenvalue weighted by atomic mass is 35.5. The number of thiazole rings is 1. The first-order chi connectivity index (χ1) is 9.22. The molecule has 0 saturated carbocycles. The molecule has 1 aromatic carbocycles. The van der Waals surface area contributed by atoms with Crippen LogP contribution in [0.25, 0.3) is 10.2 Å². The van der Waals surface area contributed by atoms with E-state index in [4.69, 9.17) is 16.9 Å². The summed E-state index contributed by atoms with van der Waals surface area (Å²) in [6, 6.07) is 5.59. The van der Waals surface area contributed by atoms with Gasteiger partial charge in [-0.25, -0.2) is 4.98 Å². The highest BCUT2D eigenvalue weighted by molar-refractivity contribution is 8.03. The molecule has 2 aromatic rings. The molecule has 0 aliphatic heterocycles. The first-order valence-corrected chi connectivity index (χ1v) is 7.72. The Kier molecular flexibility index (Phi) is 5.02. The molecule has 0 atom stereocenters. The van der Waals surface area contributed by atoms with E-state index in [9.17, 15) is 4.79 Å². The Morgan fingerprint density at radius 3 is 3.16 bits per heavy atom. The summed E-state index contributed by atoms with van der Waals surface area (Å²) in [6.07, 6.45) is 1.05. The molecule has 19 heavy (non-hydrogen) atoms. The molecular weight excluding hydrogens is 302 g/mol. The van der Waals surface area contributed by atoms with Gasteiger partial charge in [0.25, 0.3) is 0 Å². The SMILES string of the molecule is N#CSc1ccc2nc(NC(=O)CCCCl)sc2c1. The number of hydrogen-bond donors (Lipinski definition) is 1. The highest BCUT2D eigenvalue weighted by Crippen LogP contribution is 2.29. The van der Waals surface area contributed by atoms with Crippen LogP contribution in [0, 0.1) is 10.7 Å². The van der Waals surface area contributed by atoms with Gasteiger partial charge in [0, 0.05) is 17.2 Å². The molecule has 0 unspecified atom stereocenters. The van der Waals surface area contributed by atoms with Crippen LogP contribution in [0.2, 0.25) is 0 Å². The second kappa shape index (κ2) is 6.75. The third-order valence-electron chi connectivity index (χ3n) is 2.31. The smallest absolute Gasteiger partial charge is 0.226 e. The fraction of sp³-hybridized carbons (Fsp3) is 0.250. The Morgan fingerprint density at radius 1 is 1.58 bits per heavy atom. The average molecular weight is 312 g/mol. The van der Waals surface area contributed by atoms with Crippen molar-refractivity contribution in [3.63, 3.8) is 0 Å². The van der Waals surface area contributed by atoms with E-state index in [0.717, 1.165) is 26.9 Å². The normalized spacial score (nSPS) is 10.3. The number of anilines is 1. The van der Waals surface area contributed by atoms with Gasteiger partial charge < -0.3 is 5.32 Å². The van der Waals surface area contributed by atoms with Crippen LogP contribution in [0.1, 0.15) is 12.8 Å². The molecule has 2 rings (SSSR count). The molecular formula is C12H10ClN3OS2. The molecule has 7 heteroatoms. The molecule has 1 amide bonds. The first-order valence-electron chi connectivity index (χ1n) is 5.55. The maximum atomic E-state index is 11.6. The molecule has 0 fully saturated rings. The van der Waals surface area contributed by atoms with Gasteiger partial charge in [0.15, 0.2) is 5.13 Å². The zero-order valence-electron chi connectivity index (χ0n) is 9.85. The zero-order valence-corrected chi connectivity index (χ0v) is 12.2. The molecule has 1 aromatic heterocycles. The van der Waals surface area contributed by atoms with Crippen molar-refractivity contribution in [2.45, 2.75) is 17.7 Å². The third-order valence-corrected chi connectivity index (χ3v) is 4.09. The number of hydrogen-bond acceptors (Lipinski definition) is 5. The van der Waals surface area contributed by atoms with E-state index >= 15 is 0 Å². The van der Waals surface area contributed by atoms with Crippen LogP contribution in [-0.4, -0.2) is 16.8 Å². The molecule has 0 spiro atoms. The van der Waals surface area contributed by atoms with E-state index in [1.807, 2.05) is 23.6 Å². The van der Waals surface area contributed by atoms with Gasteiger partial charge in [-0.1, -0.05) is 11.3 Å². The number of carbonyl (C=O) groups excluding carboxylic acids is 1. The fourth-order valence-electron chi connectivity index (χ4n) is 1.48. The fourth-order valence-corrected chi connectivity index (χ4v) is 3.03. The summed E-state index contributed by atoms with van der Waals surface area (Å²) in [6.45, 7) is 0. The molecule has 0 aliphatic rings. The lowest BCUT2D eigenvalue weighted by Gasteiger charge is -1.98. The van der Waals surface area contributed by atoms with E-state index < -0.39 is 0 Å². The van der Waals surface area contributed by atoms with Gasteiger partial charge in [-0.05, 0) is 36.4 Å². The van der Waals surface area contributed by atoms with Gasteiger partial charge >= 0.3 is 0 Å². The lowest BCUT2D eigenvalue weighted by atomic mass is 10.3. The zero-order chi connectivity index (χ0) is 13.7. The van der Waals surface area contributed by atoms with Crippen molar-refractivity contribution in [2.24, 2.45) is 0 Å². The number of thiocyanates is 1. The summed E-state index contributed by atoms with van der Waals surface area (Å²) in [4.78, 5) is 16.8. The van der Waals surface area contributed by atoms with E-state index in [-0.39, 0.29) is 5.91 Å². The molecule has 98 valence electrons. The first kappa shape index (κ1) is 14.1. The van der Waals surface area contributed by atoms with Crippen molar-refractivity contribution >= 4 is 56.0 Å². The van der Waals surface area contributed by atoms with Gasteiger partial charge in [0.1, 0.15) is 5.40 Å². The second-order valence-corrected chi connectivity index (χ2v) is 5.95. The monoisotopic (exact) mass is 311 g/mol. The predicted octanol–water partition coefficient (Wildman–Crippen LogP) is 3.83. The van der Waals surface area contributed by atoms with Crippen molar-refractivity contribution in [1.82, 2.24) is 4.98 Å². The number of rotatable bonds is 5. The molecule has 0 saturated heterocycles. The number of halogens is 1. The summed E-state index contributed by atoms with van der Waals surface area (Å²) in [7, 11) is 0. The molecule has 0 radical (unpaired) electrons. The van der Waals surface area contributed by atoms with Gasteiger partial charge in [-0.3, -0.25) is 4.79 Å². The van der Waals surface area contributed by atoms with E-state index in [0.29, 0.717) is 23.9 Å². The summed E-state index contributed by atoms with van der Waals surface area (Å²) in [5.74, 6) is 0.397. The molecule has 1 N–H and O–H groups in total. The van der Waals surface area contributed by atoms with Crippen molar-refractivity contribution < 1.29 is 4.79 Å². The number of benzene rings is 1. The lowest BCUT2D eigenvalue weighted by molar-refractivity contribution is -0.116. The molecule has 0 bridgehead atoms. The topological polar surface area (TPSA) is 65.8 Å². The van der Waals surface area contributed by atoms with Crippen LogP contribution in [0.5, 0.6) is 0 Å². The van der Waals surface area contributed by atoms with E-state index in [1.54, 1.807) is 0 Å². The van der Waals surface area contributed by atoms with E-state index in [1.165, 1.54) is 11.3 Å². The van der Waals surface area contributed by atoms with Gasteiger partial charge in [-0.15, -0.1) is 11.6 Å². The van der Waals surface area contributed by atoms with Crippen LogP contribution < -0.4 is 5.32 Å². The number of nitriles is 1. The van der Waals surface area contributed by atoms with Crippen LogP contribution in [0.4, 0.5) is 5.13 Å². The number of alkyl halides is 1. The van der Waals surface area contributed by atoms with E-state index in [2.05, 4.69) is 10.3 Å². The minimum absolute atomic E-state index is 0.0775. The summed E-state index contributed by atoms with van der Waals surface area (Å²) < 4.78 is 0.952.